The molecule has 0 bridgehead atoms. The lowest BCUT2D eigenvalue weighted by Gasteiger charge is -2.34. The van der Waals surface area contributed by atoms with Crippen LogP contribution in [0.15, 0.2) is 60.0 Å². The SMILES string of the molecule is O=C1CCC(=O)N1C1=CC(c2ccc(Cl)c(Cl)c2)C2=C(O1)c1ccccc1CC2. The molecule has 2 aliphatic heterocycles. The molecule has 1 saturated heterocycles. The van der Waals surface area contributed by atoms with Crippen LogP contribution in [0, 0.1) is 0 Å². The van der Waals surface area contributed by atoms with Gasteiger partial charge in [0.2, 0.25) is 17.7 Å². The number of rotatable bonds is 2. The second-order valence-corrected chi connectivity index (χ2v) is 8.21. The second-order valence-electron chi connectivity index (χ2n) is 7.39. The fraction of sp³-hybridized carbons (Fsp3) is 0.217. The number of likely N-dealkylation sites (tertiary alicyclic amines) is 1. The number of aryl methyl sites for hydroxylation is 1. The van der Waals surface area contributed by atoms with Crippen molar-refractivity contribution in [3.63, 3.8) is 0 Å². The Bertz CT molecular complexity index is 1100. The van der Waals surface area contributed by atoms with E-state index < -0.39 is 0 Å². The minimum atomic E-state index is -0.234. The quantitative estimate of drug-likeness (QED) is 0.600. The molecule has 0 spiro atoms. The molecule has 2 aromatic carbocycles. The summed E-state index contributed by atoms with van der Waals surface area (Å²) in [7, 11) is 0. The third kappa shape index (κ3) is 3.07. The van der Waals surface area contributed by atoms with Gasteiger partial charge < -0.3 is 4.74 Å². The zero-order valence-electron chi connectivity index (χ0n) is 15.5. The fourth-order valence-electron chi connectivity index (χ4n) is 4.26. The number of nitrogens with zero attached hydrogens (tertiary/aromatic N) is 1. The van der Waals surface area contributed by atoms with Gasteiger partial charge in [0.25, 0.3) is 0 Å². The Balaban J connectivity index is 1.67. The number of hydrogen-bond acceptors (Lipinski definition) is 3. The van der Waals surface area contributed by atoms with Crippen LogP contribution in [0.25, 0.3) is 5.76 Å². The number of hydrogen-bond donors (Lipinski definition) is 0. The van der Waals surface area contributed by atoms with E-state index in [0.717, 1.165) is 35.3 Å². The molecule has 3 aliphatic rings. The van der Waals surface area contributed by atoms with Crippen molar-refractivity contribution in [2.24, 2.45) is 0 Å². The van der Waals surface area contributed by atoms with Crippen molar-refractivity contribution >= 4 is 40.8 Å². The van der Waals surface area contributed by atoms with E-state index in [1.54, 1.807) is 6.07 Å². The molecule has 1 atom stereocenters. The maximum Gasteiger partial charge on any atom is 0.236 e. The lowest BCUT2D eigenvalue weighted by molar-refractivity contribution is -0.138. The first-order chi connectivity index (χ1) is 14.0. The zero-order valence-corrected chi connectivity index (χ0v) is 17.0. The van der Waals surface area contributed by atoms with Crippen molar-refractivity contribution in [1.82, 2.24) is 4.90 Å². The van der Waals surface area contributed by atoms with Crippen LogP contribution in [0.3, 0.4) is 0 Å². The van der Waals surface area contributed by atoms with Crippen molar-refractivity contribution < 1.29 is 14.3 Å². The number of fused-ring (bicyclic) bond motifs is 2. The van der Waals surface area contributed by atoms with Gasteiger partial charge in [-0.3, -0.25) is 9.59 Å². The van der Waals surface area contributed by atoms with Gasteiger partial charge in [-0.05, 0) is 47.8 Å². The monoisotopic (exact) mass is 425 g/mol. The first-order valence-electron chi connectivity index (χ1n) is 9.54. The van der Waals surface area contributed by atoms with Crippen LogP contribution in [0.4, 0.5) is 0 Å². The van der Waals surface area contributed by atoms with Crippen LogP contribution < -0.4 is 0 Å². The molecule has 0 saturated carbocycles. The van der Waals surface area contributed by atoms with E-state index >= 15 is 0 Å². The molecule has 2 heterocycles. The van der Waals surface area contributed by atoms with Crippen molar-refractivity contribution in [3.8, 4) is 0 Å². The third-order valence-corrected chi connectivity index (χ3v) is 6.42. The number of carbonyl (C=O) groups is 2. The standard InChI is InChI=1S/C23H17Cl2NO3/c24-18-8-6-14(11-19(18)25)17-12-22(26-20(27)9-10-21(26)28)29-23-15-4-2-1-3-13(15)5-7-16(17)23/h1-4,6,8,11-12,17H,5,7,9-10H2. The number of amides is 2. The Morgan fingerprint density at radius 2 is 1.66 bits per heavy atom. The summed E-state index contributed by atoms with van der Waals surface area (Å²) in [5.74, 6) is 0.389. The van der Waals surface area contributed by atoms with Crippen molar-refractivity contribution in [2.75, 3.05) is 0 Å². The van der Waals surface area contributed by atoms with Gasteiger partial charge in [-0.1, -0.05) is 53.5 Å². The summed E-state index contributed by atoms with van der Waals surface area (Å²) in [6.07, 6.45) is 4.00. The molecule has 1 fully saturated rings. The normalized spacial score (nSPS) is 21.0. The van der Waals surface area contributed by atoms with E-state index in [0.29, 0.717) is 10.0 Å². The molecule has 146 valence electrons. The minimum Gasteiger partial charge on any atom is -0.440 e. The van der Waals surface area contributed by atoms with Crippen LogP contribution in [0.1, 0.15) is 41.9 Å². The lowest BCUT2D eigenvalue weighted by atomic mass is 9.80. The molecular formula is C23H17Cl2NO3. The first-order valence-corrected chi connectivity index (χ1v) is 10.3. The lowest BCUT2D eigenvalue weighted by Crippen LogP contribution is -2.32. The summed E-state index contributed by atoms with van der Waals surface area (Å²) >= 11 is 12.4. The molecule has 2 amide bonds. The summed E-state index contributed by atoms with van der Waals surface area (Å²) < 4.78 is 6.21. The van der Waals surface area contributed by atoms with Crippen LogP contribution in [-0.2, 0) is 20.7 Å². The topological polar surface area (TPSA) is 46.6 Å². The summed E-state index contributed by atoms with van der Waals surface area (Å²) in [4.78, 5) is 25.9. The van der Waals surface area contributed by atoms with Crippen molar-refractivity contribution in [1.29, 1.82) is 0 Å². The summed E-state index contributed by atoms with van der Waals surface area (Å²) in [5, 5.41) is 0.956. The molecule has 0 N–H and O–H groups in total. The van der Waals surface area contributed by atoms with Crippen LogP contribution >= 0.6 is 23.2 Å². The maximum absolute atomic E-state index is 12.4. The zero-order chi connectivity index (χ0) is 20.1. The van der Waals surface area contributed by atoms with E-state index in [2.05, 4.69) is 6.07 Å². The summed E-state index contributed by atoms with van der Waals surface area (Å²) in [6, 6.07) is 13.6. The summed E-state index contributed by atoms with van der Waals surface area (Å²) in [6.45, 7) is 0. The molecule has 1 unspecified atom stereocenters. The predicted molar refractivity (Wildman–Crippen MR) is 111 cm³/mol. The van der Waals surface area contributed by atoms with Gasteiger partial charge in [-0.2, -0.15) is 0 Å². The first kappa shape index (κ1) is 18.5. The van der Waals surface area contributed by atoms with E-state index in [1.165, 1.54) is 10.5 Å². The number of carbonyl (C=O) groups excluding carboxylic acids is 2. The third-order valence-electron chi connectivity index (χ3n) is 5.68. The molecule has 5 rings (SSSR count). The molecule has 0 aromatic heterocycles. The van der Waals surface area contributed by atoms with E-state index in [9.17, 15) is 9.59 Å². The van der Waals surface area contributed by atoms with Crippen molar-refractivity contribution in [2.45, 2.75) is 31.6 Å². The number of halogens is 2. The van der Waals surface area contributed by atoms with Gasteiger partial charge in [-0.15, -0.1) is 0 Å². The highest BCUT2D eigenvalue weighted by Crippen LogP contribution is 2.46. The highest BCUT2D eigenvalue weighted by atomic mass is 35.5. The second kappa shape index (κ2) is 7.05. The Morgan fingerprint density at radius 1 is 0.897 bits per heavy atom. The van der Waals surface area contributed by atoms with Gasteiger partial charge in [-0.25, -0.2) is 4.90 Å². The largest absolute Gasteiger partial charge is 0.440 e. The Hall–Kier alpha value is -2.56. The van der Waals surface area contributed by atoms with E-state index in [-0.39, 0.29) is 36.5 Å². The predicted octanol–water partition coefficient (Wildman–Crippen LogP) is 5.46. The van der Waals surface area contributed by atoms with Gasteiger partial charge in [0.05, 0.1) is 10.0 Å². The fourth-order valence-corrected chi connectivity index (χ4v) is 4.57. The van der Waals surface area contributed by atoms with Crippen LogP contribution in [0.2, 0.25) is 10.0 Å². The number of benzene rings is 2. The van der Waals surface area contributed by atoms with Gasteiger partial charge in [0, 0.05) is 24.3 Å². The van der Waals surface area contributed by atoms with Crippen molar-refractivity contribution in [3.05, 3.63) is 86.7 Å². The highest BCUT2D eigenvalue weighted by molar-refractivity contribution is 6.42. The Labute approximate surface area is 178 Å². The summed E-state index contributed by atoms with van der Waals surface area (Å²) in [5.41, 5.74) is 4.26. The average Bonchev–Trinajstić information content (AvgIpc) is 3.07. The smallest absolute Gasteiger partial charge is 0.236 e. The average molecular weight is 426 g/mol. The van der Waals surface area contributed by atoms with Gasteiger partial charge in [0.1, 0.15) is 5.76 Å². The number of ether oxygens (including phenoxy) is 1. The van der Waals surface area contributed by atoms with Crippen LogP contribution in [-0.4, -0.2) is 16.7 Å². The molecule has 0 radical (unpaired) electrons. The molecule has 29 heavy (non-hydrogen) atoms. The number of imide groups is 1. The molecule has 4 nitrogen and oxygen atoms in total. The minimum absolute atomic E-state index is 0.155. The van der Waals surface area contributed by atoms with E-state index in [4.69, 9.17) is 27.9 Å². The molecule has 6 heteroatoms. The van der Waals surface area contributed by atoms with Gasteiger partial charge in [0.15, 0.2) is 0 Å². The van der Waals surface area contributed by atoms with E-state index in [1.807, 2.05) is 36.4 Å². The van der Waals surface area contributed by atoms with Crippen LogP contribution in [0.5, 0.6) is 0 Å². The Morgan fingerprint density at radius 3 is 2.41 bits per heavy atom. The molecule has 2 aromatic rings. The van der Waals surface area contributed by atoms with Gasteiger partial charge >= 0.3 is 0 Å². The molecular weight excluding hydrogens is 409 g/mol. The number of allylic oxidation sites excluding steroid dienone is 2. The molecule has 1 aliphatic carbocycles. The highest BCUT2D eigenvalue weighted by Gasteiger charge is 2.38. The Kier molecular flexibility index (Phi) is 4.49. The maximum atomic E-state index is 12.4.